The zero-order valence-electron chi connectivity index (χ0n) is 10.2. The van der Waals surface area contributed by atoms with Crippen molar-refractivity contribution >= 4 is 17.3 Å². The van der Waals surface area contributed by atoms with Crippen molar-refractivity contribution in [2.24, 2.45) is 5.73 Å². The average molecular weight is 241 g/mol. The van der Waals surface area contributed by atoms with Crippen LogP contribution in [0, 0.1) is 6.92 Å². The summed E-state index contributed by atoms with van der Waals surface area (Å²) in [6.07, 6.45) is 2.16. The van der Waals surface area contributed by atoms with E-state index in [9.17, 15) is 0 Å². The largest absolute Gasteiger partial charge is 0.371 e. The van der Waals surface area contributed by atoms with Gasteiger partial charge in [0.25, 0.3) is 0 Å². The van der Waals surface area contributed by atoms with Crippen molar-refractivity contribution < 1.29 is 0 Å². The molecule has 0 heterocycles. The van der Waals surface area contributed by atoms with Gasteiger partial charge in [0.1, 0.15) is 0 Å². The third kappa shape index (κ3) is 3.69. The summed E-state index contributed by atoms with van der Waals surface area (Å²) < 4.78 is 0. The number of anilines is 1. The second-order valence-corrected chi connectivity index (χ2v) is 4.50. The lowest BCUT2D eigenvalue weighted by atomic mass is 10.1. The Morgan fingerprint density at radius 2 is 2.06 bits per heavy atom. The molecule has 0 radical (unpaired) electrons. The van der Waals surface area contributed by atoms with Crippen molar-refractivity contribution in [1.82, 2.24) is 0 Å². The van der Waals surface area contributed by atoms with Crippen molar-refractivity contribution in [2.75, 3.05) is 24.5 Å². The third-order valence-corrected chi connectivity index (χ3v) is 2.87. The summed E-state index contributed by atoms with van der Waals surface area (Å²) in [6.45, 7) is 7.11. The molecule has 0 unspecified atom stereocenters. The van der Waals surface area contributed by atoms with Crippen molar-refractivity contribution in [3.05, 3.63) is 28.8 Å². The van der Waals surface area contributed by atoms with Gasteiger partial charge in [0.05, 0.1) is 0 Å². The van der Waals surface area contributed by atoms with E-state index in [1.165, 1.54) is 11.3 Å². The second kappa shape index (κ2) is 6.77. The first-order chi connectivity index (χ1) is 7.69. The molecule has 0 bridgehead atoms. The van der Waals surface area contributed by atoms with E-state index in [1.807, 2.05) is 12.1 Å². The van der Waals surface area contributed by atoms with Gasteiger partial charge in [-0.05, 0) is 44.0 Å². The maximum absolute atomic E-state index is 6.04. The maximum Gasteiger partial charge on any atom is 0.0426 e. The van der Waals surface area contributed by atoms with E-state index in [2.05, 4.69) is 24.8 Å². The molecule has 3 heteroatoms. The Morgan fingerprint density at radius 1 is 1.31 bits per heavy atom. The Bertz CT molecular complexity index is 326. The van der Waals surface area contributed by atoms with Gasteiger partial charge in [0, 0.05) is 23.8 Å². The predicted octanol–water partition coefficient (Wildman–Crippen LogP) is 3.21. The van der Waals surface area contributed by atoms with Crippen LogP contribution in [-0.2, 0) is 0 Å². The smallest absolute Gasteiger partial charge is 0.0426 e. The Kier molecular flexibility index (Phi) is 5.64. The highest BCUT2D eigenvalue weighted by Crippen LogP contribution is 2.24. The third-order valence-electron chi connectivity index (χ3n) is 2.64. The van der Waals surface area contributed by atoms with Gasteiger partial charge in [0.2, 0.25) is 0 Å². The lowest BCUT2D eigenvalue weighted by Gasteiger charge is -2.26. The predicted molar refractivity (Wildman–Crippen MR) is 72.4 cm³/mol. The molecule has 0 atom stereocenters. The zero-order chi connectivity index (χ0) is 12.0. The molecule has 1 aromatic carbocycles. The Morgan fingerprint density at radius 3 is 2.69 bits per heavy atom. The fourth-order valence-electron chi connectivity index (χ4n) is 1.83. The van der Waals surface area contributed by atoms with Crippen molar-refractivity contribution in [3.63, 3.8) is 0 Å². The molecule has 0 saturated carbocycles. The maximum atomic E-state index is 6.04. The number of aryl methyl sites for hydroxylation is 1. The molecule has 0 aliphatic rings. The van der Waals surface area contributed by atoms with Crippen LogP contribution >= 0.6 is 11.6 Å². The first kappa shape index (κ1) is 13.3. The molecule has 0 saturated heterocycles. The molecule has 0 aliphatic carbocycles. The van der Waals surface area contributed by atoms with E-state index in [-0.39, 0.29) is 0 Å². The van der Waals surface area contributed by atoms with Crippen LogP contribution in [0.1, 0.15) is 25.3 Å². The SMILES string of the molecule is CCCN(CCCN)c1cc(Cl)ccc1C. The minimum absolute atomic E-state index is 0.736. The van der Waals surface area contributed by atoms with Gasteiger partial charge in [-0.1, -0.05) is 24.6 Å². The van der Waals surface area contributed by atoms with Crippen LogP contribution in [0.4, 0.5) is 5.69 Å². The summed E-state index contributed by atoms with van der Waals surface area (Å²) in [5, 5.41) is 0.800. The van der Waals surface area contributed by atoms with Crippen LogP contribution in [0.2, 0.25) is 5.02 Å². The van der Waals surface area contributed by atoms with Gasteiger partial charge >= 0.3 is 0 Å². The van der Waals surface area contributed by atoms with Crippen molar-refractivity contribution in [1.29, 1.82) is 0 Å². The molecule has 2 N–H and O–H groups in total. The normalized spacial score (nSPS) is 10.5. The lowest BCUT2D eigenvalue weighted by Crippen LogP contribution is -2.27. The number of nitrogens with two attached hydrogens (primary N) is 1. The molecule has 0 aliphatic heterocycles. The molecule has 16 heavy (non-hydrogen) atoms. The van der Waals surface area contributed by atoms with Gasteiger partial charge < -0.3 is 10.6 Å². The van der Waals surface area contributed by atoms with Crippen molar-refractivity contribution in [2.45, 2.75) is 26.7 Å². The average Bonchev–Trinajstić information content (AvgIpc) is 2.28. The van der Waals surface area contributed by atoms with Crippen LogP contribution in [0.5, 0.6) is 0 Å². The van der Waals surface area contributed by atoms with E-state index in [0.717, 1.165) is 37.5 Å². The molecular formula is C13H21ClN2. The number of benzene rings is 1. The Balaban J connectivity index is 2.85. The van der Waals surface area contributed by atoms with Gasteiger partial charge in [0.15, 0.2) is 0 Å². The molecule has 0 spiro atoms. The van der Waals surface area contributed by atoms with Gasteiger partial charge in [-0.15, -0.1) is 0 Å². The molecule has 1 rings (SSSR count). The molecule has 0 fully saturated rings. The zero-order valence-corrected chi connectivity index (χ0v) is 10.9. The molecule has 0 amide bonds. The molecule has 0 aromatic heterocycles. The van der Waals surface area contributed by atoms with Crippen LogP contribution in [-0.4, -0.2) is 19.6 Å². The molecule has 1 aromatic rings. The van der Waals surface area contributed by atoms with E-state index < -0.39 is 0 Å². The first-order valence-corrected chi connectivity index (χ1v) is 6.28. The summed E-state index contributed by atoms with van der Waals surface area (Å²) in [4.78, 5) is 2.37. The van der Waals surface area contributed by atoms with Crippen LogP contribution in [0.25, 0.3) is 0 Å². The summed E-state index contributed by atoms with van der Waals surface area (Å²) in [7, 11) is 0. The highest BCUT2D eigenvalue weighted by Gasteiger charge is 2.08. The number of nitrogens with zero attached hydrogens (tertiary/aromatic N) is 1. The quantitative estimate of drug-likeness (QED) is 0.828. The second-order valence-electron chi connectivity index (χ2n) is 4.06. The fraction of sp³-hybridized carbons (Fsp3) is 0.538. The van der Waals surface area contributed by atoms with Crippen LogP contribution in [0.15, 0.2) is 18.2 Å². The Hall–Kier alpha value is -0.730. The highest BCUT2D eigenvalue weighted by atomic mass is 35.5. The summed E-state index contributed by atoms with van der Waals surface area (Å²) >= 11 is 6.04. The number of hydrogen-bond donors (Lipinski definition) is 1. The van der Waals surface area contributed by atoms with Crippen LogP contribution in [0.3, 0.4) is 0 Å². The van der Waals surface area contributed by atoms with Crippen molar-refractivity contribution in [3.8, 4) is 0 Å². The number of halogens is 1. The minimum Gasteiger partial charge on any atom is -0.371 e. The fourth-order valence-corrected chi connectivity index (χ4v) is 1.99. The Labute approximate surface area is 103 Å². The number of rotatable bonds is 6. The molecule has 2 nitrogen and oxygen atoms in total. The summed E-state index contributed by atoms with van der Waals surface area (Å²) in [5.74, 6) is 0. The van der Waals surface area contributed by atoms with E-state index in [4.69, 9.17) is 17.3 Å². The molecule has 90 valence electrons. The van der Waals surface area contributed by atoms with E-state index in [0.29, 0.717) is 0 Å². The minimum atomic E-state index is 0.736. The van der Waals surface area contributed by atoms with E-state index >= 15 is 0 Å². The first-order valence-electron chi connectivity index (χ1n) is 5.90. The summed E-state index contributed by atoms with van der Waals surface area (Å²) in [5.41, 5.74) is 8.08. The van der Waals surface area contributed by atoms with Gasteiger partial charge in [-0.2, -0.15) is 0 Å². The van der Waals surface area contributed by atoms with E-state index in [1.54, 1.807) is 0 Å². The summed E-state index contributed by atoms with van der Waals surface area (Å²) in [6, 6.07) is 6.05. The highest BCUT2D eigenvalue weighted by molar-refractivity contribution is 6.30. The van der Waals surface area contributed by atoms with Gasteiger partial charge in [-0.25, -0.2) is 0 Å². The topological polar surface area (TPSA) is 29.3 Å². The van der Waals surface area contributed by atoms with Crippen LogP contribution < -0.4 is 10.6 Å². The standard InChI is InChI=1S/C13H21ClN2/c1-3-8-16(9-4-7-15)13-10-12(14)6-5-11(13)2/h5-6,10H,3-4,7-9,15H2,1-2H3. The van der Waals surface area contributed by atoms with Gasteiger partial charge in [-0.3, -0.25) is 0 Å². The number of hydrogen-bond acceptors (Lipinski definition) is 2. The monoisotopic (exact) mass is 240 g/mol. The lowest BCUT2D eigenvalue weighted by molar-refractivity contribution is 0.719. The molecular weight excluding hydrogens is 220 g/mol.